The van der Waals surface area contributed by atoms with Crippen LogP contribution in [0.2, 0.25) is 0 Å². The minimum atomic E-state index is -0.0272. The highest BCUT2D eigenvalue weighted by atomic mass is 79.9. The number of halogens is 1. The summed E-state index contributed by atoms with van der Waals surface area (Å²) < 4.78 is 0.344. The summed E-state index contributed by atoms with van der Waals surface area (Å²) in [6, 6.07) is 0. The third kappa shape index (κ3) is 2.04. The first-order valence-electron chi connectivity index (χ1n) is 3.12. The van der Waals surface area contributed by atoms with Crippen LogP contribution in [0.3, 0.4) is 0 Å². The highest BCUT2D eigenvalue weighted by Crippen LogP contribution is 2.02. The van der Waals surface area contributed by atoms with Crippen LogP contribution in [0, 0.1) is 0 Å². The predicted octanol–water partition coefficient (Wildman–Crippen LogP) is 1.23. The van der Waals surface area contributed by atoms with Gasteiger partial charge in [0.25, 0.3) is 0 Å². The van der Waals surface area contributed by atoms with Gasteiger partial charge in [0.05, 0.1) is 6.20 Å². The van der Waals surface area contributed by atoms with Crippen molar-refractivity contribution in [3.05, 3.63) is 16.6 Å². The average Bonchev–Trinajstić information content (AvgIpc) is 2.03. The Morgan fingerprint density at radius 1 is 1.73 bits per heavy atom. The Hall–Kier alpha value is -0.840. The van der Waals surface area contributed by atoms with E-state index in [0.29, 0.717) is 16.8 Å². The van der Waals surface area contributed by atoms with E-state index in [-0.39, 0.29) is 5.78 Å². The highest BCUT2D eigenvalue weighted by molar-refractivity contribution is 9.10. The van der Waals surface area contributed by atoms with Crippen LogP contribution < -0.4 is 0 Å². The van der Waals surface area contributed by atoms with E-state index in [0.717, 1.165) is 0 Å². The Bertz CT molecular complexity index is 276. The molecule has 58 valence electrons. The number of hydrogen-bond donors (Lipinski definition) is 0. The Labute approximate surface area is 72.2 Å². The predicted molar refractivity (Wildman–Crippen MR) is 42.1 cm³/mol. The summed E-state index contributed by atoms with van der Waals surface area (Å²) in [5.74, 6) is -0.0272. The second-order valence-corrected chi connectivity index (χ2v) is 2.60. The van der Waals surface area contributed by atoms with Crippen molar-refractivity contribution in [1.82, 2.24) is 15.2 Å². The summed E-state index contributed by atoms with van der Waals surface area (Å²) in [7, 11) is 0. The third-order valence-electron chi connectivity index (χ3n) is 1.14. The molecule has 0 atom stereocenters. The van der Waals surface area contributed by atoms with Gasteiger partial charge in [-0.3, -0.25) is 4.79 Å². The number of Topliss-reactive ketones (excluding diaryl/α,β-unsaturated/α-hetero) is 1. The van der Waals surface area contributed by atoms with Gasteiger partial charge in [-0.2, -0.15) is 5.10 Å². The molecule has 1 rings (SSSR count). The van der Waals surface area contributed by atoms with Gasteiger partial charge in [-0.1, -0.05) is 6.92 Å². The van der Waals surface area contributed by atoms with Gasteiger partial charge in [0.15, 0.2) is 5.78 Å². The number of aromatic nitrogens is 3. The lowest BCUT2D eigenvalue weighted by Gasteiger charge is -1.93. The van der Waals surface area contributed by atoms with E-state index in [2.05, 4.69) is 31.1 Å². The van der Waals surface area contributed by atoms with Crippen LogP contribution in [0.5, 0.6) is 0 Å². The van der Waals surface area contributed by atoms with Crippen LogP contribution in [-0.4, -0.2) is 21.0 Å². The summed E-state index contributed by atoms with van der Waals surface area (Å²) in [5, 5.41) is 7.13. The molecule has 1 heterocycles. The molecular formula is C6H6BrN3O. The molecule has 4 nitrogen and oxygen atoms in total. The van der Waals surface area contributed by atoms with Crippen molar-refractivity contribution in [2.45, 2.75) is 13.3 Å². The zero-order valence-corrected chi connectivity index (χ0v) is 7.50. The highest BCUT2D eigenvalue weighted by Gasteiger charge is 2.05. The van der Waals surface area contributed by atoms with Crippen molar-refractivity contribution in [1.29, 1.82) is 0 Å². The van der Waals surface area contributed by atoms with Crippen LogP contribution in [0.25, 0.3) is 0 Å². The lowest BCUT2D eigenvalue weighted by molar-refractivity contribution is 0.0982. The maximum absolute atomic E-state index is 11.0. The number of ketones is 1. The summed E-state index contributed by atoms with van der Waals surface area (Å²) in [5.41, 5.74) is 0.356. The molecule has 5 heteroatoms. The van der Waals surface area contributed by atoms with Gasteiger partial charge in [-0.15, -0.1) is 5.10 Å². The molecule has 0 N–H and O–H groups in total. The molecule has 0 radical (unpaired) electrons. The molecule has 0 aliphatic heterocycles. The van der Waals surface area contributed by atoms with Crippen LogP contribution in [0.4, 0.5) is 0 Å². The van der Waals surface area contributed by atoms with Gasteiger partial charge >= 0.3 is 0 Å². The molecule has 0 saturated heterocycles. The molecule has 0 unspecified atom stereocenters. The van der Waals surface area contributed by atoms with E-state index in [9.17, 15) is 4.79 Å². The zero-order chi connectivity index (χ0) is 8.27. The summed E-state index contributed by atoms with van der Waals surface area (Å²) >= 11 is 3.02. The third-order valence-corrected chi connectivity index (χ3v) is 1.48. The molecule has 0 aromatic carbocycles. The van der Waals surface area contributed by atoms with Crippen molar-refractivity contribution in [2.24, 2.45) is 0 Å². The quantitative estimate of drug-likeness (QED) is 0.697. The molecule has 11 heavy (non-hydrogen) atoms. The van der Waals surface area contributed by atoms with Gasteiger partial charge in [0.1, 0.15) is 5.69 Å². The molecule has 0 aliphatic carbocycles. The maximum Gasteiger partial charge on any atom is 0.218 e. The van der Waals surface area contributed by atoms with E-state index in [4.69, 9.17) is 0 Å². The number of hydrogen-bond acceptors (Lipinski definition) is 4. The molecular weight excluding hydrogens is 210 g/mol. The first-order chi connectivity index (χ1) is 5.24. The molecule has 0 spiro atoms. The van der Waals surface area contributed by atoms with E-state index in [1.165, 1.54) is 6.20 Å². The van der Waals surface area contributed by atoms with Crippen LogP contribution in [-0.2, 0) is 0 Å². The van der Waals surface area contributed by atoms with Crippen LogP contribution in [0.15, 0.2) is 10.9 Å². The molecule has 1 aromatic heterocycles. The first-order valence-corrected chi connectivity index (χ1v) is 3.91. The molecule has 0 saturated carbocycles. The van der Waals surface area contributed by atoms with Crippen molar-refractivity contribution in [3.8, 4) is 0 Å². The second-order valence-electron chi connectivity index (χ2n) is 1.89. The summed E-state index contributed by atoms with van der Waals surface area (Å²) in [6.45, 7) is 1.78. The van der Waals surface area contributed by atoms with Crippen molar-refractivity contribution >= 4 is 21.7 Å². The van der Waals surface area contributed by atoms with Crippen molar-refractivity contribution in [3.63, 3.8) is 0 Å². The van der Waals surface area contributed by atoms with E-state index >= 15 is 0 Å². The summed E-state index contributed by atoms with van der Waals surface area (Å²) in [6.07, 6.45) is 1.79. The Morgan fingerprint density at radius 3 is 3.00 bits per heavy atom. The van der Waals surface area contributed by atoms with Crippen molar-refractivity contribution < 1.29 is 4.79 Å². The Morgan fingerprint density at radius 2 is 2.45 bits per heavy atom. The minimum absolute atomic E-state index is 0.0272. The fourth-order valence-electron chi connectivity index (χ4n) is 0.597. The molecule has 0 amide bonds. The Kier molecular flexibility index (Phi) is 2.64. The lowest BCUT2D eigenvalue weighted by Crippen LogP contribution is -2.02. The number of carbonyl (C=O) groups is 1. The van der Waals surface area contributed by atoms with Crippen molar-refractivity contribution in [2.75, 3.05) is 0 Å². The molecule has 0 aliphatic rings. The van der Waals surface area contributed by atoms with Gasteiger partial charge in [-0.05, 0) is 15.9 Å². The molecule has 0 bridgehead atoms. The number of nitrogens with zero attached hydrogens (tertiary/aromatic N) is 3. The van der Waals surface area contributed by atoms with E-state index in [1.807, 2.05) is 0 Å². The summed E-state index contributed by atoms with van der Waals surface area (Å²) in [4.78, 5) is 14.9. The molecule has 0 fully saturated rings. The monoisotopic (exact) mass is 215 g/mol. The zero-order valence-electron chi connectivity index (χ0n) is 5.91. The molecule has 1 aromatic rings. The fraction of sp³-hybridized carbons (Fsp3) is 0.333. The maximum atomic E-state index is 11.0. The van der Waals surface area contributed by atoms with E-state index in [1.54, 1.807) is 6.92 Å². The topological polar surface area (TPSA) is 55.7 Å². The standard InChI is InChI=1S/C6H6BrN3O/c1-2-5(11)4-3-8-10-6(7)9-4/h3H,2H2,1H3. The SMILES string of the molecule is CCC(=O)c1cnnc(Br)n1. The smallest absolute Gasteiger partial charge is 0.218 e. The van der Waals surface area contributed by atoms with Gasteiger partial charge in [0.2, 0.25) is 4.73 Å². The number of rotatable bonds is 2. The van der Waals surface area contributed by atoms with Gasteiger partial charge in [-0.25, -0.2) is 4.98 Å². The van der Waals surface area contributed by atoms with Crippen LogP contribution >= 0.6 is 15.9 Å². The van der Waals surface area contributed by atoms with Gasteiger partial charge in [0, 0.05) is 6.42 Å². The van der Waals surface area contributed by atoms with Crippen LogP contribution in [0.1, 0.15) is 23.8 Å². The second kappa shape index (κ2) is 3.52. The largest absolute Gasteiger partial charge is 0.292 e. The average molecular weight is 216 g/mol. The minimum Gasteiger partial charge on any atom is -0.292 e. The number of carbonyl (C=O) groups excluding carboxylic acids is 1. The van der Waals surface area contributed by atoms with E-state index < -0.39 is 0 Å². The first kappa shape index (κ1) is 8.26. The van der Waals surface area contributed by atoms with Gasteiger partial charge < -0.3 is 0 Å². The lowest BCUT2D eigenvalue weighted by atomic mass is 10.2. The normalized spacial score (nSPS) is 9.64. The Balaban J connectivity index is 2.96. The fourth-order valence-corrected chi connectivity index (χ4v) is 0.880.